The van der Waals surface area contributed by atoms with Gasteiger partial charge in [-0.15, -0.1) is 0 Å². The first kappa shape index (κ1) is 12.1. The van der Waals surface area contributed by atoms with Gasteiger partial charge >= 0.3 is 0 Å². The van der Waals surface area contributed by atoms with Crippen LogP contribution in [0.1, 0.15) is 13.8 Å². The smallest absolute Gasteiger partial charge is 0.233 e. The molecule has 0 aliphatic carbocycles. The Kier molecular flexibility index (Phi) is 5.74. The Balaban J connectivity index is 3.69. The summed E-state index contributed by atoms with van der Waals surface area (Å²) in [6, 6.07) is 0. The van der Waals surface area contributed by atoms with Crippen LogP contribution in [-0.4, -0.2) is 33.0 Å². The van der Waals surface area contributed by atoms with E-state index in [-0.39, 0.29) is 16.0 Å². The summed E-state index contributed by atoms with van der Waals surface area (Å²) in [6.07, 6.45) is 1.63. The summed E-state index contributed by atoms with van der Waals surface area (Å²) in [4.78, 5) is 10.8. The highest BCUT2D eigenvalue weighted by Crippen LogP contribution is 1.97. The summed E-state index contributed by atoms with van der Waals surface area (Å²) in [7, 11) is -0.870. The molecule has 0 aliphatic rings. The third-order valence-corrected chi connectivity index (χ3v) is 3.21. The fourth-order valence-electron chi connectivity index (χ4n) is 0.502. The average molecular weight is 256 g/mol. The molecule has 0 aliphatic heterocycles. The van der Waals surface area contributed by atoms with Crippen LogP contribution in [0.15, 0.2) is 0 Å². The van der Waals surface area contributed by atoms with Crippen molar-refractivity contribution in [2.45, 2.75) is 23.9 Å². The SMILES string of the molecule is CC(Br)C(=O)NCC(C)S(C)=O. The van der Waals surface area contributed by atoms with Gasteiger partial charge in [0.1, 0.15) is 0 Å². The predicted octanol–water partition coefficient (Wildman–Crippen LogP) is 0.653. The van der Waals surface area contributed by atoms with Gasteiger partial charge in [-0.3, -0.25) is 9.00 Å². The van der Waals surface area contributed by atoms with E-state index in [2.05, 4.69) is 21.2 Å². The van der Waals surface area contributed by atoms with Crippen molar-refractivity contribution in [1.82, 2.24) is 5.32 Å². The van der Waals surface area contributed by atoms with Gasteiger partial charge in [0.2, 0.25) is 5.91 Å². The first-order valence-corrected chi connectivity index (χ1v) is 6.23. The molecule has 12 heavy (non-hydrogen) atoms. The molecule has 1 amide bonds. The fourth-order valence-corrected chi connectivity index (χ4v) is 0.982. The van der Waals surface area contributed by atoms with Gasteiger partial charge in [0, 0.05) is 28.9 Å². The monoisotopic (exact) mass is 255 g/mol. The zero-order valence-corrected chi connectivity index (χ0v) is 9.87. The Morgan fingerprint density at radius 2 is 2.08 bits per heavy atom. The first-order chi connectivity index (χ1) is 5.45. The average Bonchev–Trinajstić information content (AvgIpc) is 1.98. The highest BCUT2D eigenvalue weighted by atomic mass is 79.9. The molecule has 0 heterocycles. The minimum absolute atomic E-state index is 0.0141. The van der Waals surface area contributed by atoms with Crippen LogP contribution in [0.4, 0.5) is 0 Å². The molecule has 5 heteroatoms. The van der Waals surface area contributed by atoms with Crippen LogP contribution in [-0.2, 0) is 15.6 Å². The maximum absolute atomic E-state index is 11.0. The molecule has 0 radical (unpaired) electrons. The van der Waals surface area contributed by atoms with Crippen molar-refractivity contribution in [3.63, 3.8) is 0 Å². The summed E-state index contributed by atoms with van der Waals surface area (Å²) in [5.41, 5.74) is 0. The van der Waals surface area contributed by atoms with Crippen LogP contribution >= 0.6 is 15.9 Å². The fraction of sp³-hybridized carbons (Fsp3) is 0.857. The lowest BCUT2D eigenvalue weighted by molar-refractivity contribution is -0.120. The molecule has 0 aromatic rings. The number of nitrogens with one attached hydrogen (secondary N) is 1. The Hall–Kier alpha value is 0.1000. The van der Waals surface area contributed by atoms with Crippen LogP contribution < -0.4 is 5.32 Å². The van der Waals surface area contributed by atoms with Crippen LogP contribution in [0.25, 0.3) is 0 Å². The van der Waals surface area contributed by atoms with Crippen molar-refractivity contribution in [1.29, 1.82) is 0 Å². The van der Waals surface area contributed by atoms with Crippen LogP contribution in [0, 0.1) is 0 Å². The third-order valence-electron chi connectivity index (χ3n) is 1.49. The van der Waals surface area contributed by atoms with E-state index >= 15 is 0 Å². The van der Waals surface area contributed by atoms with Crippen LogP contribution in [0.2, 0.25) is 0 Å². The molecule has 3 nitrogen and oxygen atoms in total. The minimum atomic E-state index is -0.870. The summed E-state index contributed by atoms with van der Waals surface area (Å²) < 4.78 is 10.9. The molecule has 3 atom stereocenters. The van der Waals surface area contributed by atoms with Crippen LogP contribution in [0.3, 0.4) is 0 Å². The van der Waals surface area contributed by atoms with Crippen molar-refractivity contribution < 1.29 is 9.00 Å². The number of halogens is 1. The molecule has 0 bridgehead atoms. The number of hydrogen-bond acceptors (Lipinski definition) is 2. The molecule has 72 valence electrons. The Morgan fingerprint density at radius 1 is 1.58 bits per heavy atom. The lowest BCUT2D eigenvalue weighted by Gasteiger charge is -2.10. The molecule has 0 spiro atoms. The highest BCUT2D eigenvalue weighted by molar-refractivity contribution is 9.10. The molecular formula is C7H14BrNO2S. The van der Waals surface area contributed by atoms with E-state index in [1.54, 1.807) is 13.2 Å². The summed E-state index contributed by atoms with van der Waals surface area (Å²) in [5, 5.41) is 2.70. The Bertz CT molecular complexity index is 184. The zero-order valence-electron chi connectivity index (χ0n) is 7.46. The molecular weight excluding hydrogens is 242 g/mol. The molecule has 0 fully saturated rings. The van der Waals surface area contributed by atoms with Gasteiger partial charge in [0.25, 0.3) is 0 Å². The largest absolute Gasteiger partial charge is 0.354 e. The quantitative estimate of drug-likeness (QED) is 0.751. The van der Waals surface area contributed by atoms with E-state index in [1.807, 2.05) is 6.92 Å². The molecule has 0 aromatic carbocycles. The Labute approximate surface area is 83.9 Å². The number of hydrogen-bond donors (Lipinski definition) is 1. The Morgan fingerprint density at radius 3 is 2.42 bits per heavy atom. The standard InChI is InChI=1S/C7H14BrNO2S/c1-5(12(3)11)4-9-7(10)6(2)8/h5-6H,4H2,1-3H3,(H,9,10). The van der Waals surface area contributed by atoms with E-state index < -0.39 is 10.8 Å². The lowest BCUT2D eigenvalue weighted by Crippen LogP contribution is -2.36. The number of amides is 1. The number of carbonyl (C=O) groups is 1. The van der Waals surface area contributed by atoms with Crippen molar-refractivity contribution in [2.24, 2.45) is 0 Å². The van der Waals surface area contributed by atoms with Gasteiger partial charge < -0.3 is 5.32 Å². The topological polar surface area (TPSA) is 46.2 Å². The molecule has 0 saturated heterocycles. The normalized spacial score (nSPS) is 18.0. The third kappa shape index (κ3) is 4.87. The number of rotatable bonds is 4. The molecule has 0 aromatic heterocycles. The van der Waals surface area contributed by atoms with Gasteiger partial charge in [-0.05, 0) is 13.8 Å². The maximum Gasteiger partial charge on any atom is 0.233 e. The van der Waals surface area contributed by atoms with Gasteiger partial charge in [-0.2, -0.15) is 0 Å². The van der Waals surface area contributed by atoms with E-state index in [4.69, 9.17) is 0 Å². The van der Waals surface area contributed by atoms with Crippen molar-refractivity contribution >= 4 is 32.6 Å². The van der Waals surface area contributed by atoms with E-state index in [1.165, 1.54) is 0 Å². The molecule has 0 saturated carbocycles. The van der Waals surface area contributed by atoms with E-state index in [9.17, 15) is 9.00 Å². The minimum Gasteiger partial charge on any atom is -0.354 e. The van der Waals surface area contributed by atoms with Gasteiger partial charge in [-0.1, -0.05) is 15.9 Å². The second kappa shape index (κ2) is 5.70. The van der Waals surface area contributed by atoms with Gasteiger partial charge in [-0.25, -0.2) is 0 Å². The maximum atomic E-state index is 11.0. The lowest BCUT2D eigenvalue weighted by atomic mass is 10.4. The number of carbonyl (C=O) groups excluding carboxylic acids is 1. The van der Waals surface area contributed by atoms with Gasteiger partial charge in [0.05, 0.1) is 4.83 Å². The zero-order chi connectivity index (χ0) is 9.72. The number of alkyl halides is 1. The second-order valence-electron chi connectivity index (χ2n) is 2.67. The predicted molar refractivity (Wildman–Crippen MR) is 54.9 cm³/mol. The molecule has 0 rings (SSSR count). The van der Waals surface area contributed by atoms with Crippen molar-refractivity contribution in [3.8, 4) is 0 Å². The van der Waals surface area contributed by atoms with E-state index in [0.29, 0.717) is 6.54 Å². The molecule has 3 unspecified atom stereocenters. The van der Waals surface area contributed by atoms with Crippen molar-refractivity contribution in [3.05, 3.63) is 0 Å². The second-order valence-corrected chi connectivity index (χ2v) is 5.85. The summed E-state index contributed by atoms with van der Waals surface area (Å²) in [5.74, 6) is -0.0627. The first-order valence-electron chi connectivity index (χ1n) is 3.69. The summed E-state index contributed by atoms with van der Waals surface area (Å²) >= 11 is 3.14. The van der Waals surface area contributed by atoms with Crippen LogP contribution in [0.5, 0.6) is 0 Å². The van der Waals surface area contributed by atoms with Gasteiger partial charge in [0.15, 0.2) is 0 Å². The van der Waals surface area contributed by atoms with E-state index in [0.717, 1.165) is 0 Å². The molecule has 1 N–H and O–H groups in total. The summed E-state index contributed by atoms with van der Waals surface area (Å²) in [6.45, 7) is 4.07. The highest BCUT2D eigenvalue weighted by Gasteiger charge is 2.11. The van der Waals surface area contributed by atoms with Crippen molar-refractivity contribution in [2.75, 3.05) is 12.8 Å².